The SMILES string of the molecule is Cn1c(Nc2c(Cl)cccc2Cl)nc2cc(C(=O)NCCC3CCC(C(F)(F)F)CC3)cnc21. The minimum Gasteiger partial charge on any atom is -0.352 e. The number of fused-ring (bicyclic) bond motifs is 1. The van der Waals surface area contributed by atoms with Gasteiger partial charge in [0.2, 0.25) is 5.95 Å². The number of alkyl halides is 3. The second-order valence-electron chi connectivity index (χ2n) is 8.59. The van der Waals surface area contributed by atoms with Gasteiger partial charge in [0.05, 0.1) is 27.2 Å². The van der Waals surface area contributed by atoms with E-state index < -0.39 is 12.1 Å². The Morgan fingerprint density at radius 1 is 1.18 bits per heavy atom. The number of hydrogen-bond donors (Lipinski definition) is 2. The Labute approximate surface area is 204 Å². The van der Waals surface area contributed by atoms with E-state index >= 15 is 0 Å². The summed E-state index contributed by atoms with van der Waals surface area (Å²) in [5.41, 5.74) is 1.97. The third-order valence-corrected chi connectivity index (χ3v) is 6.95. The lowest BCUT2D eigenvalue weighted by atomic mass is 9.80. The van der Waals surface area contributed by atoms with E-state index in [2.05, 4.69) is 20.6 Å². The number of carbonyl (C=O) groups is 1. The number of aromatic nitrogens is 3. The van der Waals surface area contributed by atoms with Crippen LogP contribution in [0.2, 0.25) is 10.0 Å². The second kappa shape index (κ2) is 10.00. The van der Waals surface area contributed by atoms with E-state index in [1.54, 1.807) is 35.9 Å². The van der Waals surface area contributed by atoms with Gasteiger partial charge >= 0.3 is 6.18 Å². The lowest BCUT2D eigenvalue weighted by Crippen LogP contribution is -2.30. The van der Waals surface area contributed by atoms with Crippen molar-refractivity contribution in [2.45, 2.75) is 38.3 Å². The fourth-order valence-corrected chi connectivity index (χ4v) is 4.80. The van der Waals surface area contributed by atoms with Gasteiger partial charge in [0.15, 0.2) is 5.65 Å². The van der Waals surface area contributed by atoms with Crippen molar-refractivity contribution in [3.05, 3.63) is 46.1 Å². The number of hydrogen-bond acceptors (Lipinski definition) is 4. The van der Waals surface area contributed by atoms with E-state index in [1.165, 1.54) is 6.20 Å². The molecule has 3 aromatic rings. The number of nitrogens with one attached hydrogen (secondary N) is 2. The summed E-state index contributed by atoms with van der Waals surface area (Å²) >= 11 is 12.5. The molecule has 0 saturated heterocycles. The van der Waals surface area contributed by atoms with Crippen molar-refractivity contribution in [2.75, 3.05) is 11.9 Å². The van der Waals surface area contributed by atoms with Crippen LogP contribution in [0.25, 0.3) is 11.2 Å². The Balaban J connectivity index is 1.37. The van der Waals surface area contributed by atoms with Gasteiger partial charge in [-0.15, -0.1) is 0 Å². The average molecular weight is 514 g/mol. The smallest absolute Gasteiger partial charge is 0.352 e. The molecule has 1 aliphatic carbocycles. The van der Waals surface area contributed by atoms with Gasteiger partial charge in [0.25, 0.3) is 5.91 Å². The molecular formula is C23H24Cl2F3N5O. The van der Waals surface area contributed by atoms with Crippen molar-refractivity contribution < 1.29 is 18.0 Å². The van der Waals surface area contributed by atoms with Crippen LogP contribution in [-0.2, 0) is 7.05 Å². The molecule has 1 aliphatic rings. The monoisotopic (exact) mass is 513 g/mol. The van der Waals surface area contributed by atoms with Crippen molar-refractivity contribution in [3.8, 4) is 0 Å². The summed E-state index contributed by atoms with van der Waals surface area (Å²) in [5.74, 6) is -0.833. The van der Waals surface area contributed by atoms with Crippen LogP contribution in [0, 0.1) is 11.8 Å². The fraction of sp³-hybridized carbons (Fsp3) is 0.435. The largest absolute Gasteiger partial charge is 0.391 e. The van der Waals surface area contributed by atoms with Gasteiger partial charge in [-0.25, -0.2) is 9.97 Å². The average Bonchev–Trinajstić information content (AvgIpc) is 3.10. The zero-order valence-corrected chi connectivity index (χ0v) is 19.9. The van der Waals surface area contributed by atoms with Crippen LogP contribution in [0.5, 0.6) is 0 Å². The molecule has 2 heterocycles. The molecule has 6 nitrogen and oxygen atoms in total. The molecule has 0 atom stereocenters. The molecule has 0 radical (unpaired) electrons. The molecule has 0 bridgehead atoms. The zero-order valence-electron chi connectivity index (χ0n) is 18.4. The van der Waals surface area contributed by atoms with Crippen LogP contribution >= 0.6 is 23.2 Å². The summed E-state index contributed by atoms with van der Waals surface area (Å²) in [6.07, 6.45) is -0.580. The summed E-state index contributed by atoms with van der Waals surface area (Å²) in [6.45, 7) is 0.401. The summed E-state index contributed by atoms with van der Waals surface area (Å²) in [5, 5.41) is 6.84. The Morgan fingerprint density at radius 2 is 1.85 bits per heavy atom. The number of carbonyl (C=O) groups excluding carboxylic acids is 1. The van der Waals surface area contributed by atoms with Crippen LogP contribution in [0.4, 0.5) is 24.8 Å². The maximum absolute atomic E-state index is 12.8. The fourth-order valence-electron chi connectivity index (χ4n) is 4.31. The first kappa shape index (κ1) is 24.6. The number of amides is 1. The van der Waals surface area contributed by atoms with Gasteiger partial charge in [-0.1, -0.05) is 29.3 Å². The topological polar surface area (TPSA) is 71.8 Å². The number of halogens is 5. The lowest BCUT2D eigenvalue weighted by molar-refractivity contribution is -0.184. The van der Waals surface area contributed by atoms with Crippen molar-refractivity contribution in [2.24, 2.45) is 18.9 Å². The molecule has 0 aliphatic heterocycles. The summed E-state index contributed by atoms with van der Waals surface area (Å²) < 4.78 is 40.2. The van der Waals surface area contributed by atoms with Gasteiger partial charge < -0.3 is 10.6 Å². The summed E-state index contributed by atoms with van der Waals surface area (Å²) in [7, 11) is 1.78. The number of rotatable bonds is 6. The van der Waals surface area contributed by atoms with Crippen LogP contribution in [-0.4, -0.2) is 33.2 Å². The first-order valence-electron chi connectivity index (χ1n) is 11.0. The normalized spacial score (nSPS) is 18.8. The molecule has 0 spiro atoms. The first-order chi connectivity index (χ1) is 16.1. The van der Waals surface area contributed by atoms with E-state index in [-0.39, 0.29) is 24.7 Å². The van der Waals surface area contributed by atoms with Crippen molar-refractivity contribution in [1.82, 2.24) is 19.9 Å². The number of aryl methyl sites for hydroxylation is 1. The first-order valence-corrected chi connectivity index (χ1v) is 11.8. The molecule has 1 saturated carbocycles. The molecule has 1 amide bonds. The standard InChI is InChI=1S/C23H24Cl2F3N5O/c1-33-20-18(31-22(33)32-19-16(24)3-2-4-17(19)25)11-14(12-30-20)21(34)29-10-9-13-5-7-15(8-6-13)23(26,27)28/h2-4,11-13,15H,5-10H2,1H3,(H,29,34)(H,31,32). The van der Waals surface area contributed by atoms with E-state index in [1.807, 2.05) is 0 Å². The maximum Gasteiger partial charge on any atom is 0.391 e. The van der Waals surface area contributed by atoms with Gasteiger partial charge in [-0.05, 0) is 56.2 Å². The Hall–Kier alpha value is -2.52. The molecule has 2 aromatic heterocycles. The Bertz CT molecular complexity index is 1170. The van der Waals surface area contributed by atoms with Crippen molar-refractivity contribution >= 4 is 51.9 Å². The number of pyridine rings is 1. The van der Waals surface area contributed by atoms with Crippen molar-refractivity contribution in [1.29, 1.82) is 0 Å². The lowest BCUT2D eigenvalue weighted by Gasteiger charge is -2.29. The highest BCUT2D eigenvalue weighted by atomic mass is 35.5. The van der Waals surface area contributed by atoms with E-state index in [4.69, 9.17) is 23.2 Å². The van der Waals surface area contributed by atoms with Crippen LogP contribution in [0.3, 0.4) is 0 Å². The van der Waals surface area contributed by atoms with Crippen LogP contribution < -0.4 is 10.6 Å². The van der Waals surface area contributed by atoms with E-state index in [0.29, 0.717) is 64.2 Å². The quantitative estimate of drug-likeness (QED) is 0.394. The molecular weight excluding hydrogens is 490 g/mol. The molecule has 4 rings (SSSR count). The molecule has 1 fully saturated rings. The zero-order chi connectivity index (χ0) is 24.5. The minimum absolute atomic E-state index is 0.165. The van der Waals surface area contributed by atoms with E-state index in [0.717, 1.165) is 0 Å². The molecule has 34 heavy (non-hydrogen) atoms. The summed E-state index contributed by atoms with van der Waals surface area (Å²) in [6, 6.07) is 6.80. The predicted molar refractivity (Wildman–Crippen MR) is 127 cm³/mol. The number of para-hydroxylation sites is 1. The maximum atomic E-state index is 12.8. The number of imidazole rings is 1. The van der Waals surface area contributed by atoms with Gasteiger partial charge in [-0.3, -0.25) is 9.36 Å². The highest BCUT2D eigenvalue weighted by molar-refractivity contribution is 6.39. The molecule has 182 valence electrons. The molecule has 0 unspecified atom stereocenters. The molecule has 2 N–H and O–H groups in total. The predicted octanol–water partition coefficient (Wildman–Crippen LogP) is 6.51. The minimum atomic E-state index is -4.11. The molecule has 1 aromatic carbocycles. The number of nitrogens with zero attached hydrogens (tertiary/aromatic N) is 3. The van der Waals surface area contributed by atoms with Crippen LogP contribution in [0.1, 0.15) is 42.5 Å². The van der Waals surface area contributed by atoms with E-state index in [9.17, 15) is 18.0 Å². The van der Waals surface area contributed by atoms with Gasteiger partial charge in [0.1, 0.15) is 5.52 Å². The second-order valence-corrected chi connectivity index (χ2v) is 9.40. The summed E-state index contributed by atoms with van der Waals surface area (Å²) in [4.78, 5) is 21.5. The number of anilines is 2. The van der Waals surface area contributed by atoms with Gasteiger partial charge in [-0.2, -0.15) is 13.2 Å². The third-order valence-electron chi connectivity index (χ3n) is 6.32. The third kappa shape index (κ3) is 5.41. The highest BCUT2D eigenvalue weighted by Gasteiger charge is 2.41. The molecule has 11 heteroatoms. The number of benzene rings is 1. The van der Waals surface area contributed by atoms with Crippen molar-refractivity contribution in [3.63, 3.8) is 0 Å². The highest BCUT2D eigenvalue weighted by Crippen LogP contribution is 2.40. The van der Waals surface area contributed by atoms with Crippen LogP contribution in [0.15, 0.2) is 30.5 Å². The Morgan fingerprint density at radius 3 is 2.50 bits per heavy atom. The van der Waals surface area contributed by atoms with Gasteiger partial charge in [0, 0.05) is 19.8 Å². The Kier molecular flexibility index (Phi) is 7.23.